The first kappa shape index (κ1) is 29.2. The van der Waals surface area contributed by atoms with Gasteiger partial charge in [0.1, 0.15) is 17.2 Å². The lowest BCUT2D eigenvalue weighted by Gasteiger charge is -2.37. The van der Waals surface area contributed by atoms with Crippen LogP contribution in [0.5, 0.6) is 17.2 Å². The molecule has 0 fully saturated rings. The molecule has 0 saturated heterocycles. The summed E-state index contributed by atoms with van der Waals surface area (Å²) in [5, 5.41) is 0. The SMILES string of the molecule is Br.CCCCCCCCCCC(Oc1ccccc1)C(P)(Oc1ccccc1)Oc1ccccc1. The Bertz CT molecular complexity index is 867. The quantitative estimate of drug-likeness (QED) is 0.0995. The van der Waals surface area contributed by atoms with Gasteiger partial charge < -0.3 is 14.2 Å². The van der Waals surface area contributed by atoms with Crippen molar-refractivity contribution < 1.29 is 14.2 Å². The van der Waals surface area contributed by atoms with Crippen LogP contribution < -0.4 is 14.2 Å². The van der Waals surface area contributed by atoms with E-state index in [9.17, 15) is 0 Å². The Hall–Kier alpha value is -2.03. The molecule has 0 saturated carbocycles. The van der Waals surface area contributed by atoms with Crippen molar-refractivity contribution in [1.29, 1.82) is 0 Å². The fraction of sp³-hybridized carbons (Fsp3) is 0.400. The Morgan fingerprint density at radius 3 is 1.46 bits per heavy atom. The highest BCUT2D eigenvalue weighted by atomic mass is 79.9. The zero-order chi connectivity index (χ0) is 23.9. The molecule has 3 aromatic carbocycles. The lowest BCUT2D eigenvalue weighted by molar-refractivity contribution is -0.109. The molecule has 5 heteroatoms. The standard InChI is InChI=1S/C30H39O3P.BrH/c1-2-3-4-5-6-7-8-18-25-29(31-26-19-12-9-13-20-26)30(34,32-27-21-14-10-15-22-27)33-28-23-16-11-17-24-28;/h9-17,19-24,29H,2-8,18,25,34H2,1H3;1H. The first-order valence-corrected chi connectivity index (χ1v) is 13.3. The number of unbranched alkanes of at least 4 members (excludes halogenated alkanes) is 7. The fourth-order valence-corrected chi connectivity index (χ4v) is 4.47. The molecule has 2 unspecified atom stereocenters. The molecule has 35 heavy (non-hydrogen) atoms. The second-order valence-electron chi connectivity index (χ2n) is 8.73. The van der Waals surface area contributed by atoms with E-state index in [2.05, 4.69) is 16.2 Å². The Morgan fingerprint density at radius 1 is 0.600 bits per heavy atom. The van der Waals surface area contributed by atoms with Gasteiger partial charge in [0.15, 0.2) is 6.10 Å². The highest BCUT2D eigenvalue weighted by molar-refractivity contribution is 8.93. The summed E-state index contributed by atoms with van der Waals surface area (Å²) in [6.45, 7) is 2.26. The fourth-order valence-electron chi connectivity index (χ4n) is 3.97. The molecule has 0 bridgehead atoms. The normalized spacial score (nSPS) is 11.8. The zero-order valence-electron chi connectivity index (χ0n) is 20.8. The molecule has 0 N–H and O–H groups in total. The van der Waals surface area contributed by atoms with Gasteiger partial charge in [-0.15, -0.1) is 17.0 Å². The van der Waals surface area contributed by atoms with Crippen LogP contribution >= 0.6 is 26.2 Å². The highest BCUT2D eigenvalue weighted by Crippen LogP contribution is 2.35. The molecule has 0 aliphatic rings. The molecule has 3 rings (SSSR count). The third kappa shape index (κ3) is 10.6. The van der Waals surface area contributed by atoms with Gasteiger partial charge in [-0.05, 0) is 58.5 Å². The predicted octanol–water partition coefficient (Wildman–Crippen LogP) is 9.23. The molecular formula is C30H40BrO3P. The molecular weight excluding hydrogens is 519 g/mol. The molecule has 0 amide bonds. The Labute approximate surface area is 224 Å². The van der Waals surface area contributed by atoms with E-state index in [0.717, 1.165) is 30.1 Å². The smallest absolute Gasteiger partial charge is 0.299 e. The maximum absolute atomic E-state index is 6.51. The maximum atomic E-state index is 6.51. The van der Waals surface area contributed by atoms with E-state index >= 15 is 0 Å². The van der Waals surface area contributed by atoms with Crippen molar-refractivity contribution in [2.24, 2.45) is 0 Å². The van der Waals surface area contributed by atoms with E-state index < -0.39 is 5.53 Å². The number of para-hydroxylation sites is 3. The van der Waals surface area contributed by atoms with Crippen LogP contribution in [-0.4, -0.2) is 11.6 Å². The third-order valence-corrected chi connectivity index (χ3v) is 6.44. The first-order valence-electron chi connectivity index (χ1n) is 12.7. The molecule has 0 aliphatic carbocycles. The van der Waals surface area contributed by atoms with Crippen molar-refractivity contribution in [3.63, 3.8) is 0 Å². The van der Waals surface area contributed by atoms with Gasteiger partial charge in [-0.3, -0.25) is 0 Å². The summed E-state index contributed by atoms with van der Waals surface area (Å²) in [5.74, 6) is 2.30. The highest BCUT2D eigenvalue weighted by Gasteiger charge is 2.41. The van der Waals surface area contributed by atoms with E-state index in [1.807, 2.05) is 91.0 Å². The van der Waals surface area contributed by atoms with Gasteiger partial charge in [0, 0.05) is 0 Å². The van der Waals surface area contributed by atoms with Crippen LogP contribution in [0.15, 0.2) is 91.0 Å². The van der Waals surface area contributed by atoms with E-state index in [0.29, 0.717) is 0 Å². The van der Waals surface area contributed by atoms with Crippen molar-refractivity contribution in [2.75, 3.05) is 0 Å². The van der Waals surface area contributed by atoms with Crippen molar-refractivity contribution in [3.05, 3.63) is 91.0 Å². The molecule has 3 nitrogen and oxygen atoms in total. The number of benzene rings is 3. The lowest BCUT2D eigenvalue weighted by Crippen LogP contribution is -2.50. The summed E-state index contributed by atoms with van der Waals surface area (Å²) in [7, 11) is 2.81. The molecule has 0 aromatic heterocycles. The van der Waals surface area contributed by atoms with Crippen LogP contribution in [0.4, 0.5) is 0 Å². The summed E-state index contributed by atoms with van der Waals surface area (Å²) in [6.07, 6.45) is 10.6. The summed E-state index contributed by atoms with van der Waals surface area (Å²) in [5.41, 5.74) is -1.08. The topological polar surface area (TPSA) is 27.7 Å². The molecule has 190 valence electrons. The first-order chi connectivity index (χ1) is 16.7. The molecule has 2 atom stereocenters. The third-order valence-electron chi connectivity index (χ3n) is 5.83. The monoisotopic (exact) mass is 558 g/mol. The Balaban J connectivity index is 0.00000432. The predicted molar refractivity (Wildman–Crippen MR) is 155 cm³/mol. The number of ether oxygens (including phenoxy) is 3. The van der Waals surface area contributed by atoms with E-state index in [-0.39, 0.29) is 23.1 Å². The van der Waals surface area contributed by atoms with Crippen molar-refractivity contribution in [1.82, 2.24) is 0 Å². The van der Waals surface area contributed by atoms with Crippen LogP contribution in [0.1, 0.15) is 64.7 Å². The van der Waals surface area contributed by atoms with Crippen LogP contribution in [0.25, 0.3) is 0 Å². The molecule has 3 aromatic rings. The lowest BCUT2D eigenvalue weighted by atomic mass is 10.0. The number of hydrogen-bond donors (Lipinski definition) is 0. The van der Waals surface area contributed by atoms with Crippen molar-refractivity contribution in [2.45, 2.75) is 76.3 Å². The van der Waals surface area contributed by atoms with Crippen LogP contribution in [0.2, 0.25) is 0 Å². The van der Waals surface area contributed by atoms with Gasteiger partial charge in [0.25, 0.3) is 5.53 Å². The van der Waals surface area contributed by atoms with Gasteiger partial charge >= 0.3 is 0 Å². The molecule has 0 aliphatic heterocycles. The molecule has 0 radical (unpaired) electrons. The summed E-state index contributed by atoms with van der Waals surface area (Å²) in [6, 6.07) is 29.6. The van der Waals surface area contributed by atoms with Gasteiger partial charge in [-0.1, -0.05) is 106 Å². The van der Waals surface area contributed by atoms with Gasteiger partial charge in [0.05, 0.1) is 0 Å². The van der Waals surface area contributed by atoms with Crippen LogP contribution in [0.3, 0.4) is 0 Å². The van der Waals surface area contributed by atoms with Gasteiger partial charge in [-0.2, -0.15) is 0 Å². The van der Waals surface area contributed by atoms with Crippen molar-refractivity contribution in [3.8, 4) is 17.2 Å². The number of hydrogen-bond acceptors (Lipinski definition) is 3. The van der Waals surface area contributed by atoms with E-state index in [4.69, 9.17) is 14.2 Å². The minimum atomic E-state index is -1.08. The van der Waals surface area contributed by atoms with E-state index in [1.54, 1.807) is 0 Å². The average molecular weight is 560 g/mol. The second kappa shape index (κ2) is 16.6. The average Bonchev–Trinajstić information content (AvgIpc) is 2.86. The van der Waals surface area contributed by atoms with Gasteiger partial charge in [0.2, 0.25) is 0 Å². The molecule has 0 heterocycles. The second-order valence-corrected chi connectivity index (χ2v) is 9.54. The number of halogens is 1. The van der Waals surface area contributed by atoms with E-state index in [1.165, 1.54) is 44.9 Å². The maximum Gasteiger partial charge on any atom is 0.299 e. The largest absolute Gasteiger partial charge is 0.482 e. The summed E-state index contributed by atoms with van der Waals surface area (Å²) >= 11 is 0. The minimum Gasteiger partial charge on any atom is -0.482 e. The molecule has 0 spiro atoms. The van der Waals surface area contributed by atoms with Crippen LogP contribution in [-0.2, 0) is 0 Å². The number of rotatable bonds is 16. The zero-order valence-corrected chi connectivity index (χ0v) is 23.7. The summed E-state index contributed by atoms with van der Waals surface area (Å²) < 4.78 is 19.5. The minimum absolute atomic E-state index is 0. The summed E-state index contributed by atoms with van der Waals surface area (Å²) in [4.78, 5) is 0. The van der Waals surface area contributed by atoms with Gasteiger partial charge in [-0.25, -0.2) is 0 Å². The van der Waals surface area contributed by atoms with Crippen LogP contribution in [0, 0.1) is 0 Å². The Morgan fingerprint density at radius 2 is 1.00 bits per heavy atom. The van der Waals surface area contributed by atoms with Crippen molar-refractivity contribution >= 4 is 26.2 Å². The Kier molecular flexibility index (Phi) is 13.9.